The zero-order valence-corrected chi connectivity index (χ0v) is 7.01. The molecule has 1 heterocycles. The molecule has 0 radical (unpaired) electrons. The second-order valence-corrected chi connectivity index (χ2v) is 3.11. The molecule has 78 valence electrons. The lowest BCUT2D eigenvalue weighted by Gasteiger charge is -2.46. The summed E-state index contributed by atoms with van der Waals surface area (Å²) in [6.07, 6.45) is -5.19. The van der Waals surface area contributed by atoms with Crippen LogP contribution in [0, 0.1) is 11.3 Å². The van der Waals surface area contributed by atoms with E-state index in [2.05, 4.69) is 0 Å². The zero-order chi connectivity index (χ0) is 11.0. The predicted molar refractivity (Wildman–Crippen MR) is 37.8 cm³/mol. The Morgan fingerprint density at radius 3 is 2.43 bits per heavy atom. The van der Waals surface area contributed by atoms with Crippen molar-refractivity contribution in [2.45, 2.75) is 18.2 Å². The highest BCUT2D eigenvalue weighted by Gasteiger charge is 2.61. The lowest BCUT2D eigenvalue weighted by molar-refractivity contribution is -0.297. The van der Waals surface area contributed by atoms with Crippen LogP contribution in [0.3, 0.4) is 0 Å². The number of halogens is 3. The molecule has 1 fully saturated rings. The van der Waals surface area contributed by atoms with Crippen LogP contribution in [0.4, 0.5) is 13.2 Å². The number of alkyl halides is 3. The summed E-state index contributed by atoms with van der Waals surface area (Å²) in [7, 11) is 0. The third-order valence-electron chi connectivity index (χ3n) is 2.02. The monoisotopic (exact) mass is 208 g/mol. The number of hydrogen-bond donors (Lipinski definition) is 1. The van der Waals surface area contributed by atoms with Gasteiger partial charge in [0.1, 0.15) is 6.42 Å². The van der Waals surface area contributed by atoms with Crippen LogP contribution >= 0.6 is 0 Å². The van der Waals surface area contributed by atoms with Crippen molar-refractivity contribution >= 4 is 5.91 Å². The fourth-order valence-electron chi connectivity index (χ4n) is 1.12. The molecule has 0 unspecified atom stereocenters. The first-order chi connectivity index (χ1) is 6.30. The van der Waals surface area contributed by atoms with Crippen molar-refractivity contribution in [1.29, 1.82) is 5.26 Å². The summed E-state index contributed by atoms with van der Waals surface area (Å²) in [5.74, 6) is -0.693. The van der Waals surface area contributed by atoms with Gasteiger partial charge in [0.2, 0.25) is 5.91 Å². The third-order valence-corrected chi connectivity index (χ3v) is 2.02. The smallest absolute Gasteiger partial charge is 0.378 e. The lowest BCUT2D eigenvalue weighted by Crippen LogP contribution is -2.70. The number of nitrogens with zero attached hydrogens (tertiary/aromatic N) is 2. The Morgan fingerprint density at radius 2 is 2.07 bits per heavy atom. The Bertz CT molecular complexity index is 288. The maximum Gasteiger partial charge on any atom is 0.420 e. The minimum absolute atomic E-state index is 0.464. The van der Waals surface area contributed by atoms with Crippen molar-refractivity contribution < 1.29 is 23.1 Å². The Kier molecular flexibility index (Phi) is 2.41. The maximum atomic E-state index is 12.1. The third kappa shape index (κ3) is 1.65. The SMILES string of the molecule is N#CCC(=O)N1CC(O)(C(F)(F)F)C1. The topological polar surface area (TPSA) is 64.3 Å². The molecular formula is C7H7F3N2O2. The Labute approximate surface area is 77.5 Å². The highest BCUT2D eigenvalue weighted by atomic mass is 19.4. The van der Waals surface area contributed by atoms with Crippen LogP contribution in [-0.4, -0.2) is 40.8 Å². The average molecular weight is 208 g/mol. The molecule has 0 saturated carbocycles. The second-order valence-electron chi connectivity index (χ2n) is 3.11. The number of carbonyl (C=O) groups excluding carboxylic acids is 1. The van der Waals surface area contributed by atoms with E-state index in [0.717, 1.165) is 4.90 Å². The molecule has 0 aliphatic carbocycles. The summed E-state index contributed by atoms with van der Waals surface area (Å²) in [6, 6.07) is 1.53. The largest absolute Gasteiger partial charge is 0.420 e. The Balaban J connectivity index is 2.52. The van der Waals surface area contributed by atoms with Gasteiger partial charge >= 0.3 is 6.18 Å². The van der Waals surface area contributed by atoms with Crippen LogP contribution < -0.4 is 0 Å². The molecular weight excluding hydrogens is 201 g/mol. The molecule has 4 nitrogen and oxygen atoms in total. The van der Waals surface area contributed by atoms with Crippen LogP contribution in [-0.2, 0) is 4.79 Å². The van der Waals surface area contributed by atoms with Gasteiger partial charge in [0.05, 0.1) is 19.2 Å². The van der Waals surface area contributed by atoms with E-state index in [-0.39, 0.29) is 0 Å². The van der Waals surface area contributed by atoms with Crippen LogP contribution in [0.2, 0.25) is 0 Å². The lowest BCUT2D eigenvalue weighted by atomic mass is 9.93. The molecule has 0 aromatic heterocycles. The number of aliphatic hydroxyl groups is 1. The number of hydrogen-bond acceptors (Lipinski definition) is 3. The van der Waals surface area contributed by atoms with E-state index in [1.54, 1.807) is 0 Å². The molecule has 0 aromatic carbocycles. The van der Waals surface area contributed by atoms with Gasteiger partial charge in [-0.15, -0.1) is 0 Å². The molecule has 1 amide bonds. The minimum atomic E-state index is -4.73. The predicted octanol–water partition coefficient (Wildman–Crippen LogP) is 0.0357. The fourth-order valence-corrected chi connectivity index (χ4v) is 1.12. The van der Waals surface area contributed by atoms with Crippen LogP contribution in [0.5, 0.6) is 0 Å². The van der Waals surface area contributed by atoms with Gasteiger partial charge in [-0.1, -0.05) is 0 Å². The molecule has 7 heteroatoms. The number of nitriles is 1. The van der Waals surface area contributed by atoms with Gasteiger partial charge in [-0.25, -0.2) is 0 Å². The Hall–Kier alpha value is -1.29. The number of β-amino-alcohol motifs (C(OH)–C–C–N with tert-alkyl or cyclic N) is 1. The molecule has 0 atom stereocenters. The molecule has 1 N–H and O–H groups in total. The molecule has 0 bridgehead atoms. The normalized spacial score (nSPS) is 19.8. The molecule has 0 aromatic rings. The molecule has 1 saturated heterocycles. The van der Waals surface area contributed by atoms with Gasteiger partial charge in [0, 0.05) is 0 Å². The highest BCUT2D eigenvalue weighted by Crippen LogP contribution is 2.37. The van der Waals surface area contributed by atoms with Crippen molar-refractivity contribution in [3.8, 4) is 6.07 Å². The van der Waals surface area contributed by atoms with Crippen molar-refractivity contribution in [3.05, 3.63) is 0 Å². The van der Waals surface area contributed by atoms with E-state index in [1.807, 2.05) is 0 Å². The van der Waals surface area contributed by atoms with Gasteiger partial charge in [0.25, 0.3) is 0 Å². The van der Waals surface area contributed by atoms with Crippen LogP contribution in [0.1, 0.15) is 6.42 Å². The summed E-state index contributed by atoms with van der Waals surface area (Å²) < 4.78 is 36.2. The second kappa shape index (κ2) is 3.13. The van der Waals surface area contributed by atoms with E-state index < -0.39 is 37.2 Å². The van der Waals surface area contributed by atoms with Gasteiger partial charge in [-0.3, -0.25) is 4.79 Å². The number of likely N-dealkylation sites (tertiary alicyclic amines) is 1. The summed E-state index contributed by atoms with van der Waals surface area (Å²) in [4.78, 5) is 11.7. The van der Waals surface area contributed by atoms with Gasteiger partial charge < -0.3 is 10.0 Å². The Morgan fingerprint density at radius 1 is 1.57 bits per heavy atom. The van der Waals surface area contributed by atoms with Crippen molar-refractivity contribution in [2.75, 3.05) is 13.1 Å². The first-order valence-corrected chi connectivity index (χ1v) is 3.74. The van der Waals surface area contributed by atoms with Crippen LogP contribution in [0.15, 0.2) is 0 Å². The molecule has 1 aliphatic rings. The quantitative estimate of drug-likeness (QED) is 0.661. The number of carbonyl (C=O) groups is 1. The van der Waals surface area contributed by atoms with E-state index in [4.69, 9.17) is 10.4 Å². The van der Waals surface area contributed by atoms with Gasteiger partial charge in [-0.05, 0) is 0 Å². The van der Waals surface area contributed by atoms with Crippen LogP contribution in [0.25, 0.3) is 0 Å². The van der Waals surface area contributed by atoms with Crippen molar-refractivity contribution in [3.63, 3.8) is 0 Å². The van der Waals surface area contributed by atoms with E-state index >= 15 is 0 Å². The maximum absolute atomic E-state index is 12.1. The average Bonchev–Trinajstić information content (AvgIpc) is 1.96. The highest BCUT2D eigenvalue weighted by molar-refractivity contribution is 5.79. The van der Waals surface area contributed by atoms with Crippen molar-refractivity contribution in [1.82, 2.24) is 4.90 Å². The minimum Gasteiger partial charge on any atom is -0.378 e. The van der Waals surface area contributed by atoms with E-state index in [0.29, 0.717) is 0 Å². The fraction of sp³-hybridized carbons (Fsp3) is 0.714. The first kappa shape index (κ1) is 10.8. The van der Waals surface area contributed by atoms with Gasteiger partial charge in [0.15, 0.2) is 5.60 Å². The first-order valence-electron chi connectivity index (χ1n) is 3.74. The summed E-state index contributed by atoms with van der Waals surface area (Å²) in [5.41, 5.74) is -2.79. The summed E-state index contributed by atoms with van der Waals surface area (Å²) >= 11 is 0. The molecule has 1 rings (SSSR count). The zero-order valence-electron chi connectivity index (χ0n) is 7.01. The standard InChI is InChI=1S/C7H7F3N2O2/c8-7(9,10)6(14)3-12(4-6)5(13)1-2-11/h14H,1,3-4H2. The molecule has 0 spiro atoms. The van der Waals surface area contributed by atoms with Gasteiger partial charge in [-0.2, -0.15) is 18.4 Å². The molecule has 1 aliphatic heterocycles. The van der Waals surface area contributed by atoms with E-state index in [9.17, 15) is 18.0 Å². The summed E-state index contributed by atoms with van der Waals surface area (Å²) in [5, 5.41) is 17.0. The number of amides is 1. The van der Waals surface area contributed by atoms with Crippen molar-refractivity contribution in [2.24, 2.45) is 0 Å². The molecule has 14 heavy (non-hydrogen) atoms. The number of rotatable bonds is 1. The summed E-state index contributed by atoms with van der Waals surface area (Å²) in [6.45, 7) is -1.56. The van der Waals surface area contributed by atoms with E-state index in [1.165, 1.54) is 6.07 Å².